The first kappa shape index (κ1) is 13.9. The third-order valence-corrected chi connectivity index (χ3v) is 4.45. The van der Waals surface area contributed by atoms with Gasteiger partial charge in [0.2, 0.25) is 0 Å². The highest BCUT2D eigenvalue weighted by Crippen LogP contribution is 2.26. The van der Waals surface area contributed by atoms with Crippen molar-refractivity contribution in [2.24, 2.45) is 5.73 Å². The molecule has 1 aromatic carbocycles. The molecule has 1 saturated carbocycles. The first-order valence-corrected chi connectivity index (χ1v) is 7.82. The van der Waals surface area contributed by atoms with Gasteiger partial charge in [0, 0.05) is 16.2 Å². The molecule has 0 heterocycles. The number of thioether (sulfide) groups is 1. The Balaban J connectivity index is 1.58. The molecule has 2 nitrogen and oxygen atoms in total. The molecule has 18 heavy (non-hydrogen) atoms. The van der Waals surface area contributed by atoms with E-state index < -0.39 is 0 Å². The Morgan fingerprint density at radius 3 is 2.56 bits per heavy atom. The number of rotatable bonds is 6. The van der Waals surface area contributed by atoms with Gasteiger partial charge in [-0.1, -0.05) is 37.5 Å². The number of hydrogen-bond acceptors (Lipinski definition) is 3. The normalized spacial score (nSPS) is 18.7. The SMILES string of the molecule is NC1(COCCSc2ccccc2)CCCCC1. The van der Waals surface area contributed by atoms with Crippen molar-refractivity contribution in [3.8, 4) is 0 Å². The van der Waals surface area contributed by atoms with Gasteiger partial charge in [-0.05, 0) is 25.0 Å². The van der Waals surface area contributed by atoms with Crippen molar-refractivity contribution in [3.05, 3.63) is 30.3 Å². The van der Waals surface area contributed by atoms with Crippen LogP contribution < -0.4 is 5.73 Å². The quantitative estimate of drug-likeness (QED) is 0.632. The molecule has 1 aliphatic rings. The van der Waals surface area contributed by atoms with Gasteiger partial charge in [0.25, 0.3) is 0 Å². The summed E-state index contributed by atoms with van der Waals surface area (Å²) in [5.74, 6) is 1.00. The lowest BCUT2D eigenvalue weighted by Crippen LogP contribution is -2.46. The lowest BCUT2D eigenvalue weighted by atomic mass is 9.83. The molecule has 1 aliphatic carbocycles. The smallest absolute Gasteiger partial charge is 0.0646 e. The molecule has 0 spiro atoms. The Kier molecular flexibility index (Phi) is 5.54. The highest BCUT2D eigenvalue weighted by molar-refractivity contribution is 7.99. The molecule has 2 N–H and O–H groups in total. The summed E-state index contributed by atoms with van der Waals surface area (Å²) < 4.78 is 5.75. The van der Waals surface area contributed by atoms with Crippen LogP contribution in [0.5, 0.6) is 0 Å². The van der Waals surface area contributed by atoms with Crippen LogP contribution in [0.15, 0.2) is 35.2 Å². The number of ether oxygens (including phenoxy) is 1. The van der Waals surface area contributed by atoms with Crippen LogP contribution in [-0.2, 0) is 4.74 Å². The minimum absolute atomic E-state index is 0.0460. The predicted octanol–water partition coefficient (Wildman–Crippen LogP) is 3.46. The van der Waals surface area contributed by atoms with E-state index in [4.69, 9.17) is 10.5 Å². The monoisotopic (exact) mass is 265 g/mol. The van der Waals surface area contributed by atoms with Crippen molar-refractivity contribution in [1.82, 2.24) is 0 Å². The summed E-state index contributed by atoms with van der Waals surface area (Å²) in [5, 5.41) is 0. The summed E-state index contributed by atoms with van der Waals surface area (Å²) in [5.41, 5.74) is 6.27. The van der Waals surface area contributed by atoms with E-state index in [1.165, 1.54) is 24.2 Å². The van der Waals surface area contributed by atoms with Crippen LogP contribution in [0, 0.1) is 0 Å². The summed E-state index contributed by atoms with van der Waals surface area (Å²) >= 11 is 1.84. The second-order valence-corrected chi connectivity index (χ2v) is 6.31. The van der Waals surface area contributed by atoms with Crippen molar-refractivity contribution >= 4 is 11.8 Å². The molecule has 0 bridgehead atoms. The zero-order chi connectivity index (χ0) is 12.7. The van der Waals surface area contributed by atoms with E-state index in [1.54, 1.807) is 0 Å². The van der Waals surface area contributed by atoms with Crippen molar-refractivity contribution < 1.29 is 4.74 Å². The standard InChI is InChI=1S/C15H23NOS/c16-15(9-5-2-6-10-15)13-17-11-12-18-14-7-3-1-4-8-14/h1,3-4,7-8H,2,5-6,9-13,16H2. The predicted molar refractivity (Wildman–Crippen MR) is 78.0 cm³/mol. The molecule has 2 rings (SSSR count). The maximum absolute atomic E-state index is 6.32. The maximum atomic E-state index is 6.32. The second kappa shape index (κ2) is 7.17. The zero-order valence-electron chi connectivity index (χ0n) is 10.9. The molecule has 0 atom stereocenters. The van der Waals surface area contributed by atoms with Crippen LogP contribution in [0.3, 0.4) is 0 Å². The van der Waals surface area contributed by atoms with Gasteiger partial charge in [0.1, 0.15) is 0 Å². The van der Waals surface area contributed by atoms with Crippen molar-refractivity contribution in [2.75, 3.05) is 19.0 Å². The lowest BCUT2D eigenvalue weighted by molar-refractivity contribution is 0.0778. The molecule has 0 amide bonds. The van der Waals surface area contributed by atoms with E-state index in [-0.39, 0.29) is 5.54 Å². The van der Waals surface area contributed by atoms with Crippen LogP contribution in [0.25, 0.3) is 0 Å². The van der Waals surface area contributed by atoms with Gasteiger partial charge in [-0.2, -0.15) is 0 Å². The summed E-state index contributed by atoms with van der Waals surface area (Å²) in [4.78, 5) is 1.31. The molecule has 100 valence electrons. The van der Waals surface area contributed by atoms with Gasteiger partial charge in [-0.25, -0.2) is 0 Å². The molecular formula is C15H23NOS. The maximum Gasteiger partial charge on any atom is 0.0646 e. The molecule has 0 aliphatic heterocycles. The summed E-state index contributed by atoms with van der Waals surface area (Å²) in [6.07, 6.45) is 6.11. The Morgan fingerprint density at radius 1 is 1.11 bits per heavy atom. The average molecular weight is 265 g/mol. The second-order valence-electron chi connectivity index (χ2n) is 5.14. The molecule has 0 unspecified atom stereocenters. The Hall–Kier alpha value is -0.510. The van der Waals surface area contributed by atoms with E-state index in [9.17, 15) is 0 Å². The summed E-state index contributed by atoms with van der Waals surface area (Å²) in [7, 11) is 0. The lowest BCUT2D eigenvalue weighted by Gasteiger charge is -2.32. The van der Waals surface area contributed by atoms with Gasteiger partial charge in [0.15, 0.2) is 0 Å². The first-order valence-electron chi connectivity index (χ1n) is 6.83. The third kappa shape index (κ3) is 4.63. The molecular weight excluding hydrogens is 242 g/mol. The Labute approximate surface area is 114 Å². The van der Waals surface area contributed by atoms with Crippen molar-refractivity contribution in [3.63, 3.8) is 0 Å². The fourth-order valence-corrected chi connectivity index (χ4v) is 3.20. The fourth-order valence-electron chi connectivity index (χ4n) is 2.41. The number of nitrogens with two attached hydrogens (primary N) is 1. The summed E-state index contributed by atoms with van der Waals surface area (Å²) in [6, 6.07) is 10.5. The van der Waals surface area contributed by atoms with Gasteiger partial charge in [-0.3, -0.25) is 0 Å². The molecule has 0 radical (unpaired) electrons. The highest BCUT2D eigenvalue weighted by atomic mass is 32.2. The average Bonchev–Trinajstić information content (AvgIpc) is 2.40. The van der Waals surface area contributed by atoms with Crippen LogP contribution >= 0.6 is 11.8 Å². The van der Waals surface area contributed by atoms with Gasteiger partial charge in [-0.15, -0.1) is 11.8 Å². The van der Waals surface area contributed by atoms with Crippen LogP contribution in [-0.4, -0.2) is 24.5 Å². The van der Waals surface area contributed by atoms with E-state index in [0.717, 1.165) is 31.8 Å². The van der Waals surface area contributed by atoms with E-state index in [0.29, 0.717) is 0 Å². The minimum atomic E-state index is -0.0460. The largest absolute Gasteiger partial charge is 0.379 e. The highest BCUT2D eigenvalue weighted by Gasteiger charge is 2.27. The van der Waals surface area contributed by atoms with Crippen LogP contribution in [0.4, 0.5) is 0 Å². The summed E-state index contributed by atoms with van der Waals surface area (Å²) in [6.45, 7) is 1.51. The van der Waals surface area contributed by atoms with E-state index in [2.05, 4.69) is 24.3 Å². The molecule has 1 fully saturated rings. The molecule has 1 aromatic rings. The van der Waals surface area contributed by atoms with Crippen LogP contribution in [0.2, 0.25) is 0 Å². The fraction of sp³-hybridized carbons (Fsp3) is 0.600. The molecule has 3 heteroatoms. The third-order valence-electron chi connectivity index (χ3n) is 3.48. The minimum Gasteiger partial charge on any atom is -0.379 e. The van der Waals surface area contributed by atoms with E-state index >= 15 is 0 Å². The van der Waals surface area contributed by atoms with Gasteiger partial charge in [0.05, 0.1) is 13.2 Å². The van der Waals surface area contributed by atoms with Crippen molar-refractivity contribution in [1.29, 1.82) is 0 Å². The Bertz CT molecular complexity index is 336. The molecule has 0 saturated heterocycles. The van der Waals surface area contributed by atoms with E-state index in [1.807, 2.05) is 17.8 Å². The topological polar surface area (TPSA) is 35.2 Å². The zero-order valence-corrected chi connectivity index (χ0v) is 11.8. The van der Waals surface area contributed by atoms with Crippen LogP contribution in [0.1, 0.15) is 32.1 Å². The van der Waals surface area contributed by atoms with Crippen molar-refractivity contribution in [2.45, 2.75) is 42.5 Å². The van der Waals surface area contributed by atoms with Gasteiger partial charge >= 0.3 is 0 Å². The Morgan fingerprint density at radius 2 is 1.83 bits per heavy atom. The number of hydrogen-bond donors (Lipinski definition) is 1. The number of benzene rings is 1. The first-order chi connectivity index (χ1) is 8.79. The molecule has 0 aromatic heterocycles. The van der Waals surface area contributed by atoms with Gasteiger partial charge < -0.3 is 10.5 Å².